The largest absolute Gasteiger partial charge is 0.459 e. The highest BCUT2D eigenvalue weighted by atomic mass is 35.5. The monoisotopic (exact) mass is 358 g/mol. The maximum absolute atomic E-state index is 13.1. The molecule has 2 saturated heterocycles. The molecule has 2 fully saturated rings. The smallest absolute Gasteiger partial charge is 0.289 e. The molecule has 2 aliphatic heterocycles. The molecule has 1 aromatic carbocycles. The van der Waals surface area contributed by atoms with Gasteiger partial charge in [-0.05, 0) is 49.6 Å². The number of anilines is 1. The topological polar surface area (TPSA) is 53.8 Å². The fourth-order valence-corrected chi connectivity index (χ4v) is 4.05. The van der Waals surface area contributed by atoms with E-state index >= 15 is 0 Å². The van der Waals surface area contributed by atoms with Crippen LogP contribution in [0.2, 0.25) is 5.02 Å². The van der Waals surface area contributed by atoms with Crippen LogP contribution in [0.3, 0.4) is 0 Å². The zero-order valence-corrected chi connectivity index (χ0v) is 14.5. The third-order valence-corrected chi connectivity index (χ3v) is 5.61. The van der Waals surface area contributed by atoms with Gasteiger partial charge in [-0.2, -0.15) is 0 Å². The third-order valence-electron chi connectivity index (χ3n) is 5.37. The molecule has 2 aromatic rings. The summed E-state index contributed by atoms with van der Waals surface area (Å²) in [6.07, 6.45) is 3.70. The second kappa shape index (κ2) is 6.23. The van der Waals surface area contributed by atoms with Crippen molar-refractivity contribution in [2.24, 2.45) is 5.41 Å². The molecule has 25 heavy (non-hydrogen) atoms. The highest BCUT2D eigenvalue weighted by Crippen LogP contribution is 2.43. The van der Waals surface area contributed by atoms with Gasteiger partial charge in [0.15, 0.2) is 5.76 Å². The minimum atomic E-state index is -0.359. The van der Waals surface area contributed by atoms with E-state index in [1.54, 1.807) is 23.1 Å². The van der Waals surface area contributed by atoms with E-state index < -0.39 is 0 Å². The van der Waals surface area contributed by atoms with E-state index in [1.165, 1.54) is 6.26 Å². The van der Waals surface area contributed by atoms with Crippen molar-refractivity contribution in [2.45, 2.75) is 19.3 Å². The average Bonchev–Trinajstić information content (AvgIpc) is 3.25. The Morgan fingerprint density at radius 3 is 2.52 bits per heavy atom. The Balaban J connectivity index is 1.46. The predicted octanol–water partition coefficient (Wildman–Crippen LogP) is 3.59. The van der Waals surface area contributed by atoms with Gasteiger partial charge in [0.2, 0.25) is 5.91 Å². The first-order valence-corrected chi connectivity index (χ1v) is 8.87. The van der Waals surface area contributed by atoms with Gasteiger partial charge in [0.05, 0.1) is 11.7 Å². The van der Waals surface area contributed by atoms with Crippen molar-refractivity contribution < 1.29 is 14.0 Å². The van der Waals surface area contributed by atoms with Crippen LogP contribution in [-0.4, -0.2) is 36.3 Å². The standard InChI is InChI=1S/C19H19ClN2O3/c20-14-3-1-4-15(13-14)22-11-8-19(18(22)24)6-9-21(10-7-19)17(23)16-5-2-12-25-16/h1-5,12-13H,6-11H2. The van der Waals surface area contributed by atoms with Crippen LogP contribution in [0.1, 0.15) is 29.8 Å². The Labute approximate surface area is 151 Å². The van der Waals surface area contributed by atoms with E-state index in [-0.39, 0.29) is 17.2 Å². The zero-order chi connectivity index (χ0) is 17.4. The summed E-state index contributed by atoms with van der Waals surface area (Å²) in [7, 11) is 0. The molecule has 0 saturated carbocycles. The molecule has 0 bridgehead atoms. The van der Waals surface area contributed by atoms with E-state index in [9.17, 15) is 9.59 Å². The van der Waals surface area contributed by atoms with Crippen LogP contribution < -0.4 is 4.90 Å². The Kier molecular flexibility index (Phi) is 4.04. The maximum atomic E-state index is 13.1. The zero-order valence-electron chi connectivity index (χ0n) is 13.8. The lowest BCUT2D eigenvalue weighted by Gasteiger charge is -2.37. The first-order chi connectivity index (χ1) is 12.1. The molecule has 2 amide bonds. The molecule has 1 spiro atoms. The molecule has 0 aliphatic carbocycles. The number of amides is 2. The molecule has 0 radical (unpaired) electrons. The minimum absolute atomic E-state index is 0.100. The molecular formula is C19H19ClN2O3. The number of hydrogen-bond donors (Lipinski definition) is 0. The minimum Gasteiger partial charge on any atom is -0.459 e. The van der Waals surface area contributed by atoms with Gasteiger partial charge >= 0.3 is 0 Å². The van der Waals surface area contributed by atoms with Gasteiger partial charge < -0.3 is 14.2 Å². The summed E-state index contributed by atoms with van der Waals surface area (Å²) < 4.78 is 5.19. The Bertz CT molecular complexity index is 795. The van der Waals surface area contributed by atoms with Crippen LogP contribution in [0.5, 0.6) is 0 Å². The molecule has 3 heterocycles. The number of carbonyl (C=O) groups is 2. The lowest BCUT2D eigenvalue weighted by molar-refractivity contribution is -0.127. The van der Waals surface area contributed by atoms with Gasteiger partial charge in [-0.25, -0.2) is 0 Å². The highest BCUT2D eigenvalue weighted by Gasteiger charge is 2.49. The number of rotatable bonds is 2. The van der Waals surface area contributed by atoms with Gasteiger partial charge in [-0.1, -0.05) is 17.7 Å². The van der Waals surface area contributed by atoms with Crippen LogP contribution >= 0.6 is 11.6 Å². The van der Waals surface area contributed by atoms with Crippen molar-refractivity contribution in [3.05, 3.63) is 53.4 Å². The van der Waals surface area contributed by atoms with E-state index in [1.807, 2.05) is 23.1 Å². The number of furan rings is 1. The summed E-state index contributed by atoms with van der Waals surface area (Å²) in [5, 5.41) is 0.630. The molecule has 130 valence electrons. The number of hydrogen-bond acceptors (Lipinski definition) is 3. The first-order valence-electron chi connectivity index (χ1n) is 8.49. The quantitative estimate of drug-likeness (QED) is 0.824. The molecule has 6 heteroatoms. The second-order valence-corrected chi connectivity index (χ2v) is 7.17. The summed E-state index contributed by atoms with van der Waals surface area (Å²) in [5.74, 6) is 0.408. The van der Waals surface area contributed by atoms with Gasteiger partial charge in [0.1, 0.15) is 0 Å². The molecule has 0 N–H and O–H groups in total. The SMILES string of the molecule is O=C(c1ccco1)N1CCC2(CC1)CCN(c1cccc(Cl)c1)C2=O. The summed E-state index contributed by atoms with van der Waals surface area (Å²) in [6.45, 7) is 1.86. The van der Waals surface area contributed by atoms with E-state index in [0.29, 0.717) is 43.3 Å². The Hall–Kier alpha value is -2.27. The van der Waals surface area contributed by atoms with Crippen molar-refractivity contribution in [3.63, 3.8) is 0 Å². The van der Waals surface area contributed by atoms with Gasteiger partial charge in [-0.15, -0.1) is 0 Å². The summed E-state index contributed by atoms with van der Waals surface area (Å²) in [4.78, 5) is 29.1. The summed E-state index contributed by atoms with van der Waals surface area (Å²) in [6, 6.07) is 10.8. The molecule has 0 unspecified atom stereocenters. The predicted molar refractivity (Wildman–Crippen MR) is 94.7 cm³/mol. The molecule has 1 aromatic heterocycles. The molecule has 2 aliphatic rings. The summed E-state index contributed by atoms with van der Waals surface area (Å²) >= 11 is 6.06. The van der Waals surface area contributed by atoms with Crippen LogP contribution in [0, 0.1) is 5.41 Å². The Morgan fingerprint density at radius 2 is 1.84 bits per heavy atom. The third kappa shape index (κ3) is 2.82. The van der Waals surface area contributed by atoms with Crippen molar-refractivity contribution in [1.82, 2.24) is 4.90 Å². The van der Waals surface area contributed by atoms with Crippen LogP contribution in [-0.2, 0) is 4.79 Å². The molecular weight excluding hydrogens is 340 g/mol. The maximum Gasteiger partial charge on any atom is 0.289 e. The van der Waals surface area contributed by atoms with Crippen LogP contribution in [0.4, 0.5) is 5.69 Å². The van der Waals surface area contributed by atoms with Gasteiger partial charge in [0.25, 0.3) is 5.91 Å². The molecule has 5 nitrogen and oxygen atoms in total. The number of halogens is 1. The van der Waals surface area contributed by atoms with Gasteiger partial charge in [-0.3, -0.25) is 9.59 Å². The second-order valence-electron chi connectivity index (χ2n) is 6.74. The normalized spacial score (nSPS) is 19.6. The van der Waals surface area contributed by atoms with Crippen LogP contribution in [0.15, 0.2) is 47.1 Å². The molecule has 4 rings (SSSR count). The highest BCUT2D eigenvalue weighted by molar-refractivity contribution is 6.31. The van der Waals surface area contributed by atoms with Crippen LogP contribution in [0.25, 0.3) is 0 Å². The van der Waals surface area contributed by atoms with E-state index in [4.69, 9.17) is 16.0 Å². The number of piperidine rings is 1. The molecule has 0 atom stereocenters. The van der Waals surface area contributed by atoms with Crippen molar-refractivity contribution >= 4 is 29.1 Å². The fraction of sp³-hybridized carbons (Fsp3) is 0.368. The number of nitrogens with zero attached hydrogens (tertiary/aromatic N) is 2. The summed E-state index contributed by atoms with van der Waals surface area (Å²) in [5.41, 5.74) is 0.492. The van der Waals surface area contributed by atoms with E-state index in [0.717, 1.165) is 12.1 Å². The lowest BCUT2D eigenvalue weighted by Crippen LogP contribution is -2.46. The lowest BCUT2D eigenvalue weighted by atomic mass is 9.77. The van der Waals surface area contributed by atoms with Crippen molar-refractivity contribution in [1.29, 1.82) is 0 Å². The average molecular weight is 359 g/mol. The van der Waals surface area contributed by atoms with Crippen molar-refractivity contribution in [3.8, 4) is 0 Å². The van der Waals surface area contributed by atoms with Gasteiger partial charge in [0, 0.05) is 30.3 Å². The first kappa shape index (κ1) is 16.2. The number of carbonyl (C=O) groups excluding carboxylic acids is 2. The van der Waals surface area contributed by atoms with E-state index in [2.05, 4.69) is 0 Å². The van der Waals surface area contributed by atoms with Crippen molar-refractivity contribution in [2.75, 3.05) is 24.5 Å². The fourth-order valence-electron chi connectivity index (χ4n) is 3.87. The number of benzene rings is 1. The Morgan fingerprint density at radius 1 is 1.08 bits per heavy atom. The number of likely N-dealkylation sites (tertiary alicyclic amines) is 1.